The molecule has 0 aromatic heterocycles. The topological polar surface area (TPSA) is 46.6 Å². The largest absolute Gasteiger partial charge is 0.492 e. The van der Waals surface area contributed by atoms with E-state index in [0.717, 1.165) is 4.47 Å². The van der Waals surface area contributed by atoms with Crippen LogP contribution in [0.1, 0.15) is 5.56 Å². The van der Waals surface area contributed by atoms with Crippen LogP contribution in [0.3, 0.4) is 0 Å². The molecule has 3 rings (SSSR count). The van der Waals surface area contributed by atoms with Crippen LogP contribution in [0, 0.1) is 5.82 Å². The number of sulfonamides is 1. The van der Waals surface area contributed by atoms with Crippen molar-refractivity contribution in [3.8, 4) is 5.75 Å². The summed E-state index contributed by atoms with van der Waals surface area (Å²) >= 11 is 3.28. The van der Waals surface area contributed by atoms with Crippen molar-refractivity contribution in [2.75, 3.05) is 13.2 Å². The SMILES string of the molecule is O=S(=O)(c1ccc(Br)cc1)N1CCOc2ccc(F)cc2C1. The molecule has 1 aliphatic heterocycles. The number of hydrogen-bond acceptors (Lipinski definition) is 3. The molecule has 1 aliphatic rings. The first-order chi connectivity index (χ1) is 10.5. The Labute approximate surface area is 136 Å². The highest BCUT2D eigenvalue weighted by molar-refractivity contribution is 9.10. The summed E-state index contributed by atoms with van der Waals surface area (Å²) in [6.45, 7) is 0.536. The van der Waals surface area contributed by atoms with Gasteiger partial charge in [-0.2, -0.15) is 4.31 Å². The van der Waals surface area contributed by atoms with Crippen LogP contribution in [0.4, 0.5) is 4.39 Å². The third kappa shape index (κ3) is 3.02. The van der Waals surface area contributed by atoms with Crippen LogP contribution in [-0.2, 0) is 16.6 Å². The molecule has 1 heterocycles. The first kappa shape index (κ1) is 15.5. The highest BCUT2D eigenvalue weighted by Gasteiger charge is 2.27. The molecule has 0 saturated heterocycles. The van der Waals surface area contributed by atoms with Gasteiger partial charge in [0.2, 0.25) is 10.0 Å². The fraction of sp³-hybridized carbons (Fsp3) is 0.200. The van der Waals surface area contributed by atoms with Crippen LogP contribution in [0.5, 0.6) is 5.75 Å². The molecule has 2 aromatic carbocycles. The van der Waals surface area contributed by atoms with Gasteiger partial charge in [-0.3, -0.25) is 0 Å². The Bertz CT molecular complexity index is 793. The number of rotatable bonds is 2. The van der Waals surface area contributed by atoms with Crippen molar-refractivity contribution in [3.05, 3.63) is 58.3 Å². The molecular weight excluding hydrogens is 373 g/mol. The molecule has 116 valence electrons. The van der Waals surface area contributed by atoms with Gasteiger partial charge in [-0.15, -0.1) is 0 Å². The van der Waals surface area contributed by atoms with Gasteiger partial charge in [0, 0.05) is 23.1 Å². The zero-order chi connectivity index (χ0) is 15.7. The zero-order valence-corrected chi connectivity index (χ0v) is 13.9. The molecule has 4 nitrogen and oxygen atoms in total. The quantitative estimate of drug-likeness (QED) is 0.797. The van der Waals surface area contributed by atoms with E-state index in [4.69, 9.17) is 4.74 Å². The average molecular weight is 386 g/mol. The van der Waals surface area contributed by atoms with Crippen molar-refractivity contribution in [2.45, 2.75) is 11.4 Å². The molecular formula is C15H13BrFNO3S. The lowest BCUT2D eigenvalue weighted by Crippen LogP contribution is -2.32. The standard InChI is InChI=1S/C15H13BrFNO3S/c16-12-1-4-14(5-2-12)22(19,20)18-7-8-21-15-6-3-13(17)9-11(15)10-18/h1-6,9H,7-8,10H2. The maximum atomic E-state index is 13.4. The van der Waals surface area contributed by atoms with Gasteiger partial charge in [-0.1, -0.05) is 15.9 Å². The lowest BCUT2D eigenvalue weighted by Gasteiger charge is -2.19. The number of hydrogen-bond donors (Lipinski definition) is 0. The second-order valence-electron chi connectivity index (χ2n) is 4.89. The number of halogens is 2. The van der Waals surface area contributed by atoms with E-state index < -0.39 is 15.8 Å². The summed E-state index contributed by atoms with van der Waals surface area (Å²) in [5, 5.41) is 0. The van der Waals surface area contributed by atoms with Gasteiger partial charge in [0.25, 0.3) is 0 Å². The molecule has 0 spiro atoms. The first-order valence-electron chi connectivity index (χ1n) is 6.64. The Morgan fingerprint density at radius 1 is 1.14 bits per heavy atom. The van der Waals surface area contributed by atoms with Crippen molar-refractivity contribution < 1.29 is 17.5 Å². The second kappa shape index (κ2) is 5.98. The van der Waals surface area contributed by atoms with Crippen LogP contribution in [0.25, 0.3) is 0 Å². The third-order valence-corrected chi connectivity index (χ3v) is 5.81. The summed E-state index contributed by atoms with van der Waals surface area (Å²) in [4.78, 5) is 0.204. The highest BCUT2D eigenvalue weighted by atomic mass is 79.9. The molecule has 7 heteroatoms. The van der Waals surface area contributed by atoms with Gasteiger partial charge in [-0.25, -0.2) is 12.8 Å². The predicted molar refractivity (Wildman–Crippen MR) is 83.6 cm³/mol. The van der Waals surface area contributed by atoms with Crippen LogP contribution < -0.4 is 4.74 Å². The molecule has 0 saturated carbocycles. The second-order valence-corrected chi connectivity index (χ2v) is 7.75. The smallest absolute Gasteiger partial charge is 0.243 e. The molecule has 0 unspecified atom stereocenters. The van der Waals surface area contributed by atoms with E-state index in [1.165, 1.54) is 34.6 Å². The van der Waals surface area contributed by atoms with Crippen molar-refractivity contribution in [1.82, 2.24) is 4.31 Å². The van der Waals surface area contributed by atoms with Crippen LogP contribution in [0.15, 0.2) is 51.8 Å². The monoisotopic (exact) mass is 385 g/mol. The molecule has 0 N–H and O–H groups in total. The van der Waals surface area contributed by atoms with E-state index in [9.17, 15) is 12.8 Å². The third-order valence-electron chi connectivity index (χ3n) is 3.42. The maximum absolute atomic E-state index is 13.4. The van der Waals surface area contributed by atoms with Gasteiger partial charge < -0.3 is 4.74 Å². The minimum absolute atomic E-state index is 0.0888. The van der Waals surface area contributed by atoms with Gasteiger partial charge in [0.15, 0.2) is 0 Å². The molecule has 0 aliphatic carbocycles. The molecule has 0 fully saturated rings. The van der Waals surface area contributed by atoms with Crippen molar-refractivity contribution in [3.63, 3.8) is 0 Å². The van der Waals surface area contributed by atoms with E-state index >= 15 is 0 Å². The Morgan fingerprint density at radius 2 is 1.86 bits per heavy atom. The first-order valence-corrected chi connectivity index (χ1v) is 8.87. The van der Waals surface area contributed by atoms with Gasteiger partial charge in [0.05, 0.1) is 4.90 Å². The molecule has 0 amide bonds. The molecule has 2 aromatic rings. The van der Waals surface area contributed by atoms with Crippen molar-refractivity contribution in [2.24, 2.45) is 0 Å². The van der Waals surface area contributed by atoms with Crippen LogP contribution in [-0.4, -0.2) is 25.9 Å². The van der Waals surface area contributed by atoms with Gasteiger partial charge in [-0.05, 0) is 42.5 Å². The van der Waals surface area contributed by atoms with Crippen LogP contribution in [0.2, 0.25) is 0 Å². The lowest BCUT2D eigenvalue weighted by atomic mass is 10.2. The van der Waals surface area contributed by atoms with E-state index in [-0.39, 0.29) is 24.6 Å². The Morgan fingerprint density at radius 3 is 2.59 bits per heavy atom. The zero-order valence-electron chi connectivity index (χ0n) is 11.5. The maximum Gasteiger partial charge on any atom is 0.243 e. The minimum atomic E-state index is -3.65. The number of fused-ring (bicyclic) bond motifs is 1. The summed E-state index contributed by atoms with van der Waals surface area (Å²) in [5.41, 5.74) is 0.526. The lowest BCUT2D eigenvalue weighted by molar-refractivity contribution is 0.293. The summed E-state index contributed by atoms with van der Waals surface area (Å²) in [6.07, 6.45) is 0. The molecule has 0 atom stereocenters. The number of benzene rings is 2. The van der Waals surface area contributed by atoms with Crippen LogP contribution >= 0.6 is 15.9 Å². The highest BCUT2D eigenvalue weighted by Crippen LogP contribution is 2.27. The number of nitrogens with zero attached hydrogens (tertiary/aromatic N) is 1. The van der Waals surface area contributed by atoms with Gasteiger partial charge in [0.1, 0.15) is 18.2 Å². The fourth-order valence-electron chi connectivity index (χ4n) is 2.30. The predicted octanol–water partition coefficient (Wildman–Crippen LogP) is 3.17. The van der Waals surface area contributed by atoms with Crippen molar-refractivity contribution >= 4 is 26.0 Å². The Kier molecular flexibility index (Phi) is 4.20. The van der Waals surface area contributed by atoms with Gasteiger partial charge >= 0.3 is 0 Å². The summed E-state index contributed by atoms with van der Waals surface area (Å²) in [6, 6.07) is 10.6. The molecule has 0 radical (unpaired) electrons. The van der Waals surface area contributed by atoms with Crippen molar-refractivity contribution in [1.29, 1.82) is 0 Å². The normalized spacial score (nSPS) is 15.7. The van der Waals surface area contributed by atoms with E-state index in [2.05, 4.69) is 15.9 Å². The van der Waals surface area contributed by atoms with E-state index in [1.807, 2.05) is 0 Å². The summed E-state index contributed by atoms with van der Waals surface area (Å²) in [5.74, 6) is 0.111. The average Bonchev–Trinajstić information content (AvgIpc) is 2.70. The summed E-state index contributed by atoms with van der Waals surface area (Å²) < 4.78 is 46.4. The molecule has 22 heavy (non-hydrogen) atoms. The minimum Gasteiger partial charge on any atom is -0.492 e. The molecule has 0 bridgehead atoms. The van der Waals surface area contributed by atoms with E-state index in [0.29, 0.717) is 11.3 Å². The Hall–Kier alpha value is -1.44. The summed E-state index contributed by atoms with van der Waals surface area (Å²) in [7, 11) is -3.65. The Balaban J connectivity index is 1.96. The number of ether oxygens (including phenoxy) is 1. The van der Waals surface area contributed by atoms with E-state index in [1.54, 1.807) is 12.1 Å². The fourth-order valence-corrected chi connectivity index (χ4v) is 3.97.